The number of hydrogen-bond donors (Lipinski definition) is 1. The molecule has 0 radical (unpaired) electrons. The first-order valence-electron chi connectivity index (χ1n) is 9.42. The number of nitriles is 1. The van der Waals surface area contributed by atoms with Gasteiger partial charge in [0, 0.05) is 4.88 Å². The first-order chi connectivity index (χ1) is 14.0. The van der Waals surface area contributed by atoms with Crippen molar-refractivity contribution in [2.45, 2.75) is 26.2 Å². The predicted octanol–water partition coefficient (Wildman–Crippen LogP) is 4.19. The van der Waals surface area contributed by atoms with Crippen LogP contribution < -0.4 is 15.0 Å². The smallest absolute Gasteiger partial charge is 0.260 e. The normalized spacial score (nSPS) is 16.3. The monoisotopic (exact) mass is 407 g/mol. The van der Waals surface area contributed by atoms with Gasteiger partial charge in [0.1, 0.15) is 10.9 Å². The van der Waals surface area contributed by atoms with Gasteiger partial charge in [0.15, 0.2) is 17.3 Å². The van der Waals surface area contributed by atoms with Crippen LogP contribution in [-0.4, -0.2) is 24.2 Å². The fourth-order valence-electron chi connectivity index (χ4n) is 3.74. The average molecular weight is 407 g/mol. The third-order valence-electron chi connectivity index (χ3n) is 5.26. The van der Waals surface area contributed by atoms with Gasteiger partial charge in [-0.25, -0.2) is 4.98 Å². The van der Waals surface area contributed by atoms with E-state index in [9.17, 15) is 10.1 Å². The molecule has 3 aromatic rings. The van der Waals surface area contributed by atoms with Gasteiger partial charge in [-0.2, -0.15) is 5.26 Å². The summed E-state index contributed by atoms with van der Waals surface area (Å²) < 4.78 is 10.6. The number of aromatic nitrogens is 2. The molecular formula is C22H21N3O3S. The van der Waals surface area contributed by atoms with Crippen LogP contribution >= 0.6 is 11.3 Å². The van der Waals surface area contributed by atoms with E-state index in [0.29, 0.717) is 27.6 Å². The molecule has 0 saturated carbocycles. The molecule has 1 aliphatic rings. The lowest BCUT2D eigenvalue weighted by molar-refractivity contribution is 0.355. The number of allylic oxidation sites excluding steroid dienone is 1. The number of benzene rings is 1. The van der Waals surface area contributed by atoms with Crippen LogP contribution in [0, 0.1) is 17.2 Å². The molecule has 0 spiro atoms. The fraction of sp³-hybridized carbons (Fsp3) is 0.318. The summed E-state index contributed by atoms with van der Waals surface area (Å²) in [5.41, 5.74) is 1.99. The molecule has 6 nitrogen and oxygen atoms in total. The maximum absolute atomic E-state index is 12.8. The topological polar surface area (TPSA) is 88.0 Å². The molecule has 1 aliphatic carbocycles. The molecule has 0 aliphatic heterocycles. The van der Waals surface area contributed by atoms with Crippen molar-refractivity contribution in [3.05, 3.63) is 50.4 Å². The van der Waals surface area contributed by atoms with E-state index in [2.05, 4.69) is 23.0 Å². The Balaban J connectivity index is 1.79. The standard InChI is InChI=1S/C22H21N3O3S/c1-12-4-6-15-18(8-12)29-22-19(15)21(26)24-20(25-22)14(11-23)9-13-5-7-16(27-2)17(10-13)28-3/h5,7,9-10,12H,4,6,8H2,1-3H3,(H,24,25,26)/b14-9+/t12-/m1/s1. The van der Waals surface area contributed by atoms with Crippen LogP contribution in [0.15, 0.2) is 23.0 Å². The van der Waals surface area contributed by atoms with Crippen molar-refractivity contribution >= 4 is 33.2 Å². The maximum atomic E-state index is 12.8. The number of thiophene rings is 1. The van der Waals surface area contributed by atoms with Gasteiger partial charge < -0.3 is 14.5 Å². The highest BCUT2D eigenvalue weighted by Crippen LogP contribution is 2.36. The van der Waals surface area contributed by atoms with Crippen molar-refractivity contribution in [3.8, 4) is 17.6 Å². The number of hydrogen-bond acceptors (Lipinski definition) is 6. The van der Waals surface area contributed by atoms with E-state index in [4.69, 9.17) is 9.47 Å². The quantitative estimate of drug-likeness (QED) is 0.655. The van der Waals surface area contributed by atoms with Gasteiger partial charge in [-0.3, -0.25) is 4.79 Å². The zero-order valence-electron chi connectivity index (χ0n) is 16.5. The third-order valence-corrected chi connectivity index (χ3v) is 6.41. The second-order valence-corrected chi connectivity index (χ2v) is 8.31. The average Bonchev–Trinajstić information content (AvgIpc) is 3.09. The fourth-order valence-corrected chi connectivity index (χ4v) is 5.12. The van der Waals surface area contributed by atoms with Crippen molar-refractivity contribution in [1.82, 2.24) is 9.97 Å². The Labute approximate surface area is 172 Å². The molecule has 0 unspecified atom stereocenters. The van der Waals surface area contributed by atoms with Gasteiger partial charge in [-0.15, -0.1) is 11.3 Å². The van der Waals surface area contributed by atoms with E-state index in [1.807, 2.05) is 6.07 Å². The van der Waals surface area contributed by atoms with Crippen LogP contribution in [0.1, 0.15) is 35.2 Å². The number of fused-ring (bicyclic) bond motifs is 3. The lowest BCUT2D eigenvalue weighted by Gasteiger charge is -2.17. The van der Waals surface area contributed by atoms with Crippen molar-refractivity contribution in [2.75, 3.05) is 14.2 Å². The Morgan fingerprint density at radius 1 is 1.34 bits per heavy atom. The number of nitrogens with one attached hydrogen (secondary N) is 1. The summed E-state index contributed by atoms with van der Waals surface area (Å²) >= 11 is 1.57. The lowest BCUT2D eigenvalue weighted by Crippen LogP contribution is -2.14. The van der Waals surface area contributed by atoms with Crippen molar-refractivity contribution in [1.29, 1.82) is 5.26 Å². The Hall–Kier alpha value is -3.11. The van der Waals surface area contributed by atoms with Gasteiger partial charge in [-0.1, -0.05) is 13.0 Å². The Morgan fingerprint density at radius 3 is 2.86 bits per heavy atom. The zero-order chi connectivity index (χ0) is 20.5. The molecule has 0 bridgehead atoms. The van der Waals surface area contributed by atoms with Gasteiger partial charge in [0.05, 0.1) is 25.2 Å². The van der Waals surface area contributed by atoms with E-state index in [-0.39, 0.29) is 17.0 Å². The molecule has 1 N–H and O–H groups in total. The molecule has 148 valence electrons. The summed E-state index contributed by atoms with van der Waals surface area (Å²) in [5, 5.41) is 10.4. The first-order valence-corrected chi connectivity index (χ1v) is 10.2. The molecule has 0 saturated heterocycles. The second-order valence-electron chi connectivity index (χ2n) is 7.23. The van der Waals surface area contributed by atoms with Gasteiger partial charge in [0.2, 0.25) is 0 Å². The number of ether oxygens (including phenoxy) is 2. The minimum Gasteiger partial charge on any atom is -0.493 e. The van der Waals surface area contributed by atoms with E-state index in [0.717, 1.165) is 30.4 Å². The third kappa shape index (κ3) is 3.52. The molecule has 4 rings (SSSR count). The van der Waals surface area contributed by atoms with E-state index >= 15 is 0 Å². The van der Waals surface area contributed by atoms with Crippen LogP contribution in [0.25, 0.3) is 21.9 Å². The summed E-state index contributed by atoms with van der Waals surface area (Å²) in [4.78, 5) is 22.2. The molecule has 2 aromatic heterocycles. The summed E-state index contributed by atoms with van der Waals surface area (Å²) in [6, 6.07) is 7.52. The SMILES string of the molecule is COc1ccc(/C=C(\C#N)c2nc3sc4c(c3c(=O)[nH]2)CC[C@@H](C)C4)cc1OC. The molecule has 7 heteroatoms. The van der Waals surface area contributed by atoms with Crippen LogP contribution in [0.5, 0.6) is 11.5 Å². The van der Waals surface area contributed by atoms with Gasteiger partial charge in [-0.05, 0) is 54.5 Å². The Kier molecular flexibility index (Phi) is 5.12. The highest BCUT2D eigenvalue weighted by Gasteiger charge is 2.23. The van der Waals surface area contributed by atoms with E-state index < -0.39 is 0 Å². The van der Waals surface area contributed by atoms with Crippen LogP contribution in [0.4, 0.5) is 0 Å². The minimum atomic E-state index is -0.175. The van der Waals surface area contributed by atoms with E-state index in [1.165, 1.54) is 4.88 Å². The van der Waals surface area contributed by atoms with Crippen molar-refractivity contribution in [2.24, 2.45) is 5.92 Å². The number of aryl methyl sites for hydroxylation is 1. The van der Waals surface area contributed by atoms with E-state index in [1.54, 1.807) is 43.8 Å². The summed E-state index contributed by atoms with van der Waals surface area (Å²) in [6.45, 7) is 2.23. The molecule has 2 heterocycles. The van der Waals surface area contributed by atoms with Crippen LogP contribution in [0.3, 0.4) is 0 Å². The highest BCUT2D eigenvalue weighted by molar-refractivity contribution is 7.18. The number of methoxy groups -OCH3 is 2. The summed E-state index contributed by atoms with van der Waals surface area (Å²) in [5.74, 6) is 2.07. The molecular weight excluding hydrogens is 386 g/mol. The summed E-state index contributed by atoms with van der Waals surface area (Å²) in [7, 11) is 3.13. The van der Waals surface area contributed by atoms with Crippen molar-refractivity contribution in [3.63, 3.8) is 0 Å². The predicted molar refractivity (Wildman–Crippen MR) is 114 cm³/mol. The Morgan fingerprint density at radius 2 is 2.14 bits per heavy atom. The summed E-state index contributed by atoms with van der Waals surface area (Å²) in [6.07, 6.45) is 4.66. The number of aromatic amines is 1. The van der Waals surface area contributed by atoms with Gasteiger partial charge >= 0.3 is 0 Å². The van der Waals surface area contributed by atoms with Crippen LogP contribution in [-0.2, 0) is 12.8 Å². The minimum absolute atomic E-state index is 0.175. The number of nitrogens with zero attached hydrogens (tertiary/aromatic N) is 2. The molecule has 0 fully saturated rings. The number of H-pyrrole nitrogens is 1. The number of rotatable bonds is 4. The molecule has 0 amide bonds. The molecule has 1 aromatic carbocycles. The zero-order valence-corrected chi connectivity index (χ0v) is 17.4. The molecule has 29 heavy (non-hydrogen) atoms. The van der Waals surface area contributed by atoms with Crippen LogP contribution in [0.2, 0.25) is 0 Å². The largest absolute Gasteiger partial charge is 0.493 e. The highest BCUT2D eigenvalue weighted by atomic mass is 32.1. The molecule has 1 atom stereocenters. The Bertz CT molecular complexity index is 1220. The second kappa shape index (κ2) is 7.72. The van der Waals surface area contributed by atoms with Gasteiger partial charge in [0.25, 0.3) is 5.56 Å². The lowest BCUT2D eigenvalue weighted by atomic mass is 9.89. The maximum Gasteiger partial charge on any atom is 0.260 e. The first kappa shape index (κ1) is 19.2. The van der Waals surface area contributed by atoms with Crippen molar-refractivity contribution < 1.29 is 9.47 Å².